The Kier molecular flexibility index (Phi) is 5.46. The second kappa shape index (κ2) is 6.45. The zero-order valence-electron chi connectivity index (χ0n) is 10.5. The van der Waals surface area contributed by atoms with Gasteiger partial charge in [-0.15, -0.1) is 11.6 Å². The van der Waals surface area contributed by atoms with E-state index in [1.54, 1.807) is 14.1 Å². The first-order valence-electron chi connectivity index (χ1n) is 5.34. The van der Waals surface area contributed by atoms with Crippen molar-refractivity contribution in [3.63, 3.8) is 0 Å². The van der Waals surface area contributed by atoms with Crippen LogP contribution in [0, 0.1) is 0 Å². The number of nitrogens with one attached hydrogen (secondary N) is 1. The van der Waals surface area contributed by atoms with Gasteiger partial charge in [0.2, 0.25) is 10.0 Å². The van der Waals surface area contributed by atoms with Crippen LogP contribution in [-0.4, -0.2) is 45.0 Å². The molecule has 0 atom stereocenters. The molecular formula is C11H14Cl2N2O3S. The summed E-state index contributed by atoms with van der Waals surface area (Å²) in [5, 5.41) is 0.332. The maximum atomic E-state index is 11.9. The van der Waals surface area contributed by atoms with E-state index in [9.17, 15) is 13.2 Å². The zero-order chi connectivity index (χ0) is 14.6. The van der Waals surface area contributed by atoms with E-state index < -0.39 is 10.0 Å². The molecule has 0 aliphatic rings. The molecule has 19 heavy (non-hydrogen) atoms. The van der Waals surface area contributed by atoms with Crippen molar-refractivity contribution >= 4 is 44.8 Å². The van der Waals surface area contributed by atoms with Gasteiger partial charge in [0.15, 0.2) is 0 Å². The Morgan fingerprint density at radius 2 is 2.00 bits per heavy atom. The van der Waals surface area contributed by atoms with Crippen molar-refractivity contribution in [1.82, 2.24) is 4.90 Å². The summed E-state index contributed by atoms with van der Waals surface area (Å²) < 4.78 is 25.7. The highest BCUT2D eigenvalue weighted by molar-refractivity contribution is 7.92. The molecule has 0 fully saturated rings. The Bertz CT molecular complexity index is 573. The Balaban J connectivity index is 3.19. The fourth-order valence-electron chi connectivity index (χ4n) is 1.35. The number of rotatable bonds is 5. The van der Waals surface area contributed by atoms with Crippen molar-refractivity contribution in [2.24, 2.45) is 0 Å². The first-order valence-corrected chi connectivity index (χ1v) is 7.91. The second-order valence-electron chi connectivity index (χ2n) is 4.00. The molecule has 0 saturated carbocycles. The van der Waals surface area contributed by atoms with E-state index >= 15 is 0 Å². The third-order valence-corrected chi connectivity index (χ3v) is 4.15. The van der Waals surface area contributed by atoms with Gasteiger partial charge in [0.1, 0.15) is 0 Å². The minimum absolute atomic E-state index is 0.0349. The first-order chi connectivity index (χ1) is 8.76. The molecule has 0 spiro atoms. The lowest BCUT2D eigenvalue weighted by molar-refractivity contribution is 0.0828. The van der Waals surface area contributed by atoms with E-state index in [1.165, 1.54) is 23.1 Å². The van der Waals surface area contributed by atoms with Crippen LogP contribution in [0.25, 0.3) is 0 Å². The molecule has 0 bridgehead atoms. The summed E-state index contributed by atoms with van der Waals surface area (Å²) in [6.45, 7) is 0. The number of halogens is 2. The molecule has 1 aromatic rings. The predicted octanol–water partition coefficient (Wildman–Crippen LogP) is 2.02. The van der Waals surface area contributed by atoms with Gasteiger partial charge in [0.05, 0.1) is 17.0 Å². The number of sulfonamides is 1. The molecule has 1 amide bonds. The second-order valence-corrected chi connectivity index (χ2v) is 6.66. The normalized spacial score (nSPS) is 11.2. The summed E-state index contributed by atoms with van der Waals surface area (Å²) in [5.74, 6) is -0.594. The number of benzene rings is 1. The monoisotopic (exact) mass is 324 g/mol. The minimum Gasteiger partial charge on any atom is -0.345 e. The van der Waals surface area contributed by atoms with Gasteiger partial charge < -0.3 is 4.90 Å². The van der Waals surface area contributed by atoms with E-state index in [0.717, 1.165) is 0 Å². The summed E-state index contributed by atoms with van der Waals surface area (Å²) in [6, 6.07) is 4.39. The van der Waals surface area contributed by atoms with Crippen molar-refractivity contribution < 1.29 is 13.2 Å². The average molecular weight is 325 g/mol. The average Bonchev–Trinajstić information content (AvgIpc) is 2.27. The fourth-order valence-corrected chi connectivity index (χ4v) is 2.94. The van der Waals surface area contributed by atoms with Crippen LogP contribution in [-0.2, 0) is 10.0 Å². The molecule has 0 aliphatic carbocycles. The molecule has 5 nitrogen and oxygen atoms in total. The number of hydrogen-bond acceptors (Lipinski definition) is 3. The third-order valence-electron chi connectivity index (χ3n) is 2.23. The van der Waals surface area contributed by atoms with Gasteiger partial charge in [0, 0.05) is 25.0 Å². The van der Waals surface area contributed by atoms with Crippen LogP contribution < -0.4 is 4.72 Å². The number of anilines is 1. The van der Waals surface area contributed by atoms with Gasteiger partial charge in [-0.05, 0) is 18.2 Å². The van der Waals surface area contributed by atoms with Gasteiger partial charge in [0.25, 0.3) is 5.91 Å². The Labute approximate surface area is 122 Å². The largest absolute Gasteiger partial charge is 0.345 e. The molecule has 1 N–H and O–H groups in total. The highest BCUT2D eigenvalue weighted by Gasteiger charge is 2.18. The van der Waals surface area contributed by atoms with E-state index in [1.807, 2.05) is 0 Å². The standard InChI is InChI=1S/C11H14Cl2N2O3S/c1-15(2)11(16)9-4-3-8(13)7-10(9)14-19(17,18)6-5-12/h3-4,7,14H,5-6H2,1-2H3. The molecule has 0 saturated heterocycles. The Hall–Kier alpha value is -0.980. The lowest BCUT2D eigenvalue weighted by Crippen LogP contribution is -2.25. The topological polar surface area (TPSA) is 66.5 Å². The summed E-state index contributed by atoms with van der Waals surface area (Å²) in [4.78, 5) is 13.3. The van der Waals surface area contributed by atoms with E-state index in [-0.39, 0.29) is 28.8 Å². The van der Waals surface area contributed by atoms with Gasteiger partial charge in [-0.2, -0.15) is 0 Å². The number of alkyl halides is 1. The molecule has 0 heterocycles. The van der Waals surface area contributed by atoms with E-state index in [4.69, 9.17) is 23.2 Å². The summed E-state index contributed by atoms with van der Waals surface area (Å²) in [7, 11) is -0.440. The molecule has 0 radical (unpaired) electrons. The van der Waals surface area contributed by atoms with E-state index in [2.05, 4.69) is 4.72 Å². The Morgan fingerprint density at radius 3 is 2.53 bits per heavy atom. The highest BCUT2D eigenvalue weighted by atomic mass is 35.5. The number of nitrogens with zero attached hydrogens (tertiary/aromatic N) is 1. The highest BCUT2D eigenvalue weighted by Crippen LogP contribution is 2.23. The molecule has 1 aromatic carbocycles. The maximum absolute atomic E-state index is 11.9. The van der Waals surface area contributed by atoms with Gasteiger partial charge in [-0.25, -0.2) is 8.42 Å². The molecule has 106 valence electrons. The van der Waals surface area contributed by atoms with Crippen LogP contribution in [0.2, 0.25) is 5.02 Å². The van der Waals surface area contributed by atoms with Gasteiger partial charge in [-0.1, -0.05) is 11.6 Å². The summed E-state index contributed by atoms with van der Waals surface area (Å²) >= 11 is 11.2. The first kappa shape index (κ1) is 16.1. The van der Waals surface area contributed by atoms with Crippen LogP contribution in [0.3, 0.4) is 0 Å². The van der Waals surface area contributed by atoms with Crippen molar-refractivity contribution in [2.45, 2.75) is 0 Å². The van der Waals surface area contributed by atoms with Crippen molar-refractivity contribution in [1.29, 1.82) is 0 Å². The minimum atomic E-state index is -3.59. The quantitative estimate of drug-likeness (QED) is 0.842. The number of hydrogen-bond donors (Lipinski definition) is 1. The van der Waals surface area contributed by atoms with E-state index in [0.29, 0.717) is 5.02 Å². The molecule has 0 aliphatic heterocycles. The van der Waals surface area contributed by atoms with Crippen LogP contribution >= 0.6 is 23.2 Å². The van der Waals surface area contributed by atoms with Crippen LogP contribution in [0.15, 0.2) is 18.2 Å². The van der Waals surface area contributed by atoms with Crippen LogP contribution in [0.5, 0.6) is 0 Å². The van der Waals surface area contributed by atoms with Crippen molar-refractivity contribution in [2.75, 3.05) is 30.5 Å². The maximum Gasteiger partial charge on any atom is 0.255 e. The predicted molar refractivity (Wildman–Crippen MR) is 77.6 cm³/mol. The Morgan fingerprint density at radius 1 is 1.37 bits per heavy atom. The molecular weight excluding hydrogens is 311 g/mol. The van der Waals surface area contributed by atoms with Gasteiger partial charge in [-0.3, -0.25) is 9.52 Å². The summed E-state index contributed by atoms with van der Waals surface area (Å²) in [5.41, 5.74) is 0.379. The smallest absolute Gasteiger partial charge is 0.255 e. The van der Waals surface area contributed by atoms with Crippen molar-refractivity contribution in [3.05, 3.63) is 28.8 Å². The molecule has 1 rings (SSSR count). The fraction of sp³-hybridized carbons (Fsp3) is 0.364. The number of amides is 1. The summed E-state index contributed by atoms with van der Waals surface area (Å²) in [6.07, 6.45) is 0. The molecule has 0 unspecified atom stereocenters. The van der Waals surface area contributed by atoms with Crippen molar-refractivity contribution in [3.8, 4) is 0 Å². The lowest BCUT2D eigenvalue weighted by atomic mass is 10.1. The zero-order valence-corrected chi connectivity index (χ0v) is 12.8. The third kappa shape index (κ3) is 4.56. The molecule has 8 heteroatoms. The lowest BCUT2D eigenvalue weighted by Gasteiger charge is -2.15. The van der Waals surface area contributed by atoms with Crippen LogP contribution in [0.1, 0.15) is 10.4 Å². The van der Waals surface area contributed by atoms with Crippen LogP contribution in [0.4, 0.5) is 5.69 Å². The number of carbonyl (C=O) groups excluding carboxylic acids is 1. The van der Waals surface area contributed by atoms with Gasteiger partial charge >= 0.3 is 0 Å². The SMILES string of the molecule is CN(C)C(=O)c1ccc(Cl)cc1NS(=O)(=O)CCCl. The number of carbonyl (C=O) groups is 1. The molecule has 0 aromatic heterocycles.